The number of rotatable bonds is 2. The van der Waals surface area contributed by atoms with Crippen molar-refractivity contribution >= 4 is 0 Å². The quantitative estimate of drug-likeness (QED) is 0.744. The largest absolute Gasteiger partial charge is 0.329 e. The number of hydrogen-bond acceptors (Lipinski definition) is 1. The summed E-state index contributed by atoms with van der Waals surface area (Å²) in [5.74, 6) is -2.61. The van der Waals surface area contributed by atoms with Crippen LogP contribution >= 0.6 is 0 Å². The smallest absolute Gasteiger partial charge is 0.260 e. The zero-order chi connectivity index (χ0) is 9.53. The molecule has 0 aliphatic heterocycles. The highest BCUT2D eigenvalue weighted by Crippen LogP contribution is 2.60. The highest BCUT2D eigenvalue weighted by atomic mass is 19.3. The van der Waals surface area contributed by atoms with Gasteiger partial charge in [-0.25, -0.2) is 8.78 Å². The molecule has 2 rings (SSSR count). The molecule has 1 aliphatic carbocycles. The molecule has 0 heterocycles. The summed E-state index contributed by atoms with van der Waals surface area (Å²) in [6.07, 6.45) is -0.111. The van der Waals surface area contributed by atoms with Crippen molar-refractivity contribution in [1.82, 2.24) is 0 Å². The normalized spacial score (nSPS) is 30.1. The first-order valence-corrected chi connectivity index (χ1v) is 4.26. The summed E-state index contributed by atoms with van der Waals surface area (Å²) in [6, 6.07) is 8.78. The zero-order valence-corrected chi connectivity index (χ0v) is 7.13. The van der Waals surface area contributed by atoms with Gasteiger partial charge in [0.05, 0.1) is 5.41 Å². The van der Waals surface area contributed by atoms with Crippen LogP contribution in [0.1, 0.15) is 12.0 Å². The van der Waals surface area contributed by atoms with Crippen LogP contribution in [0.4, 0.5) is 8.78 Å². The summed E-state index contributed by atoms with van der Waals surface area (Å²) in [4.78, 5) is 0. The summed E-state index contributed by atoms with van der Waals surface area (Å²) in [6.45, 7) is 0.0179. The topological polar surface area (TPSA) is 26.0 Å². The molecule has 0 saturated heterocycles. The fraction of sp³-hybridized carbons (Fsp3) is 0.400. The molecule has 1 atom stereocenters. The second-order valence-corrected chi connectivity index (χ2v) is 3.53. The minimum absolute atomic E-state index is 0.0179. The van der Waals surface area contributed by atoms with Gasteiger partial charge in [-0.05, 0) is 5.56 Å². The van der Waals surface area contributed by atoms with Crippen molar-refractivity contribution in [1.29, 1.82) is 0 Å². The summed E-state index contributed by atoms with van der Waals surface area (Å²) in [7, 11) is 0. The van der Waals surface area contributed by atoms with E-state index in [9.17, 15) is 8.78 Å². The molecule has 1 aliphatic rings. The van der Waals surface area contributed by atoms with Gasteiger partial charge in [0.1, 0.15) is 0 Å². The Morgan fingerprint density at radius 3 is 2.15 bits per heavy atom. The van der Waals surface area contributed by atoms with Gasteiger partial charge >= 0.3 is 0 Å². The van der Waals surface area contributed by atoms with Crippen molar-refractivity contribution in [2.75, 3.05) is 6.54 Å². The third-order valence-electron chi connectivity index (χ3n) is 2.77. The molecule has 1 nitrogen and oxygen atoms in total. The van der Waals surface area contributed by atoms with Gasteiger partial charge in [0.2, 0.25) is 0 Å². The maximum Gasteiger partial charge on any atom is 0.260 e. The van der Waals surface area contributed by atoms with E-state index in [4.69, 9.17) is 5.73 Å². The van der Waals surface area contributed by atoms with E-state index in [1.54, 1.807) is 24.3 Å². The van der Waals surface area contributed by atoms with E-state index >= 15 is 0 Å². The molecule has 0 spiro atoms. The average Bonchev–Trinajstić information content (AvgIpc) is 2.72. The number of halogens is 2. The van der Waals surface area contributed by atoms with Gasteiger partial charge in [-0.15, -0.1) is 0 Å². The minimum atomic E-state index is -2.61. The summed E-state index contributed by atoms with van der Waals surface area (Å²) < 4.78 is 26.1. The van der Waals surface area contributed by atoms with E-state index in [2.05, 4.69) is 0 Å². The Bertz CT molecular complexity index is 310. The first kappa shape index (κ1) is 8.63. The molecule has 1 fully saturated rings. The summed E-state index contributed by atoms with van der Waals surface area (Å²) in [5, 5.41) is 0. The molecule has 1 aromatic carbocycles. The first-order valence-electron chi connectivity index (χ1n) is 4.26. The molecule has 1 unspecified atom stereocenters. The molecule has 1 saturated carbocycles. The summed E-state index contributed by atoms with van der Waals surface area (Å²) in [5.41, 5.74) is 4.98. The van der Waals surface area contributed by atoms with Crippen LogP contribution < -0.4 is 5.73 Å². The van der Waals surface area contributed by atoms with E-state index in [-0.39, 0.29) is 13.0 Å². The van der Waals surface area contributed by atoms with Gasteiger partial charge in [0.25, 0.3) is 5.92 Å². The van der Waals surface area contributed by atoms with Crippen LogP contribution in [0.15, 0.2) is 30.3 Å². The fourth-order valence-corrected chi connectivity index (χ4v) is 1.74. The Hall–Kier alpha value is -0.960. The van der Waals surface area contributed by atoms with E-state index < -0.39 is 11.3 Å². The number of alkyl halides is 2. The number of nitrogens with two attached hydrogens (primary N) is 1. The van der Waals surface area contributed by atoms with E-state index in [1.165, 1.54) is 0 Å². The number of benzene rings is 1. The van der Waals surface area contributed by atoms with E-state index in [0.29, 0.717) is 5.56 Å². The molecular weight excluding hydrogens is 172 g/mol. The lowest BCUT2D eigenvalue weighted by atomic mass is 9.96. The fourth-order valence-electron chi connectivity index (χ4n) is 1.74. The van der Waals surface area contributed by atoms with Crippen molar-refractivity contribution in [3.63, 3.8) is 0 Å². The Balaban J connectivity index is 2.37. The second kappa shape index (κ2) is 2.51. The third kappa shape index (κ3) is 1.07. The standard InChI is InChI=1S/C10H11F2N/c11-10(12)6-9(10,7-13)8-4-2-1-3-5-8/h1-5H,6-7,13H2. The number of hydrogen-bond donors (Lipinski definition) is 1. The molecule has 0 radical (unpaired) electrons. The first-order chi connectivity index (χ1) is 6.12. The lowest BCUT2D eigenvalue weighted by Gasteiger charge is -2.13. The van der Waals surface area contributed by atoms with Crippen LogP contribution in [0.3, 0.4) is 0 Å². The van der Waals surface area contributed by atoms with Crippen LogP contribution in [-0.2, 0) is 5.41 Å². The zero-order valence-electron chi connectivity index (χ0n) is 7.13. The van der Waals surface area contributed by atoms with E-state index in [0.717, 1.165) is 0 Å². The van der Waals surface area contributed by atoms with Crippen molar-refractivity contribution in [2.24, 2.45) is 5.73 Å². The lowest BCUT2D eigenvalue weighted by molar-refractivity contribution is 0.0896. The van der Waals surface area contributed by atoms with Gasteiger partial charge in [0.15, 0.2) is 0 Å². The molecule has 13 heavy (non-hydrogen) atoms. The maximum absolute atomic E-state index is 13.1. The van der Waals surface area contributed by atoms with Crippen LogP contribution in [0, 0.1) is 0 Å². The molecule has 0 bridgehead atoms. The average molecular weight is 183 g/mol. The Labute approximate surface area is 75.6 Å². The SMILES string of the molecule is NCC1(c2ccccc2)CC1(F)F. The van der Waals surface area contributed by atoms with Crippen LogP contribution in [0.25, 0.3) is 0 Å². The van der Waals surface area contributed by atoms with Crippen LogP contribution in [0.2, 0.25) is 0 Å². The van der Waals surface area contributed by atoms with Crippen molar-refractivity contribution in [3.8, 4) is 0 Å². The molecule has 70 valence electrons. The van der Waals surface area contributed by atoms with Gasteiger partial charge < -0.3 is 5.73 Å². The van der Waals surface area contributed by atoms with Crippen LogP contribution in [-0.4, -0.2) is 12.5 Å². The Kier molecular flexibility index (Phi) is 1.67. The molecule has 3 heteroatoms. The molecule has 0 amide bonds. The Morgan fingerprint density at radius 2 is 1.77 bits per heavy atom. The molecule has 2 N–H and O–H groups in total. The van der Waals surface area contributed by atoms with Gasteiger partial charge in [-0.1, -0.05) is 30.3 Å². The Morgan fingerprint density at radius 1 is 1.23 bits per heavy atom. The third-order valence-corrected chi connectivity index (χ3v) is 2.77. The predicted octanol–water partition coefficient (Wildman–Crippen LogP) is 1.92. The van der Waals surface area contributed by atoms with Crippen LogP contribution in [0.5, 0.6) is 0 Å². The molecular formula is C10H11F2N. The van der Waals surface area contributed by atoms with Crippen molar-refractivity contribution < 1.29 is 8.78 Å². The van der Waals surface area contributed by atoms with Crippen molar-refractivity contribution in [2.45, 2.75) is 17.8 Å². The molecule has 0 aromatic heterocycles. The minimum Gasteiger partial charge on any atom is -0.329 e. The predicted molar refractivity (Wildman–Crippen MR) is 46.7 cm³/mol. The lowest BCUT2D eigenvalue weighted by Crippen LogP contribution is -2.26. The highest BCUT2D eigenvalue weighted by Gasteiger charge is 2.70. The van der Waals surface area contributed by atoms with Gasteiger partial charge in [-0.3, -0.25) is 0 Å². The molecule has 1 aromatic rings. The monoisotopic (exact) mass is 183 g/mol. The maximum atomic E-state index is 13.1. The van der Waals surface area contributed by atoms with Gasteiger partial charge in [-0.2, -0.15) is 0 Å². The highest BCUT2D eigenvalue weighted by molar-refractivity contribution is 5.38. The van der Waals surface area contributed by atoms with E-state index in [1.807, 2.05) is 6.07 Å². The van der Waals surface area contributed by atoms with Gasteiger partial charge in [0, 0.05) is 13.0 Å². The van der Waals surface area contributed by atoms with Crippen molar-refractivity contribution in [3.05, 3.63) is 35.9 Å². The summed E-state index contributed by atoms with van der Waals surface area (Å²) >= 11 is 0. The second-order valence-electron chi connectivity index (χ2n) is 3.53.